The van der Waals surface area contributed by atoms with Crippen molar-refractivity contribution in [1.82, 2.24) is 19.6 Å². The number of rotatable bonds is 2. The zero-order valence-electron chi connectivity index (χ0n) is 41.4. The van der Waals surface area contributed by atoms with Gasteiger partial charge < -0.3 is 68.9 Å². The van der Waals surface area contributed by atoms with Crippen LogP contribution in [0.25, 0.3) is 0 Å². The molecule has 6 saturated heterocycles. The summed E-state index contributed by atoms with van der Waals surface area (Å²) in [5.41, 5.74) is -4.30. The summed E-state index contributed by atoms with van der Waals surface area (Å²) in [4.78, 5) is 9.48. The van der Waals surface area contributed by atoms with Crippen molar-refractivity contribution in [3.8, 4) is 34.5 Å². The average molecular weight is 997 g/mol. The number of piperidine rings is 3. The van der Waals surface area contributed by atoms with E-state index >= 15 is 0 Å². The summed E-state index contributed by atoms with van der Waals surface area (Å²) in [6.45, 7) is 3.17. The van der Waals surface area contributed by atoms with Crippen LogP contribution in [0.3, 0.4) is 0 Å². The van der Waals surface area contributed by atoms with Crippen LogP contribution < -0.4 is 14.2 Å². The van der Waals surface area contributed by atoms with E-state index in [1.54, 1.807) is 18.2 Å². The number of likely N-dealkylation sites (N-methyl/N-ethyl adjacent to an activating group) is 2. The topological polar surface area (TPSA) is 190 Å². The lowest BCUT2D eigenvalue weighted by atomic mass is 9.46. The van der Waals surface area contributed by atoms with Gasteiger partial charge in [-0.3, -0.25) is 4.90 Å². The van der Waals surface area contributed by atoms with Crippen LogP contribution in [0.2, 0.25) is 0 Å². The van der Waals surface area contributed by atoms with Crippen LogP contribution >= 0.6 is 0 Å². The molecule has 6 bridgehead atoms. The number of phenolic OH excluding ortho intramolecular Hbond substituents is 3. The number of aliphatic hydroxyl groups is 3. The predicted octanol–water partition coefficient (Wildman–Crippen LogP) is 2.92. The Hall–Kier alpha value is -3.94. The number of phenols is 3. The van der Waals surface area contributed by atoms with Crippen LogP contribution in [-0.4, -0.2) is 179 Å². The minimum atomic E-state index is -1.24. The van der Waals surface area contributed by atoms with Gasteiger partial charge in [-0.1, -0.05) is 18.2 Å². The maximum Gasteiger partial charge on any atom is 0.165 e. The van der Waals surface area contributed by atoms with E-state index in [0.29, 0.717) is 113 Å². The molecule has 19 rings (SSSR count). The van der Waals surface area contributed by atoms with E-state index in [4.69, 9.17) is 28.4 Å². The highest BCUT2D eigenvalue weighted by molar-refractivity contribution is 5.67. The molecule has 3 aromatic rings. The molecule has 7 aliphatic carbocycles. The number of ether oxygens (including phenoxy) is 6. The average Bonchev–Trinajstić information content (AvgIpc) is 3.80. The number of likely N-dealkylation sites (tertiary alicyclic amines) is 3. The third kappa shape index (κ3) is 3.98. The monoisotopic (exact) mass is 996 g/mol. The minimum Gasteiger partial charge on any atom is -0.504 e. The van der Waals surface area contributed by atoms with E-state index in [9.17, 15) is 30.6 Å². The van der Waals surface area contributed by atoms with Crippen LogP contribution in [0.15, 0.2) is 36.4 Å². The van der Waals surface area contributed by atoms with Crippen LogP contribution in [0.1, 0.15) is 104 Å². The standard InChI is InChI=1S/C57H64N4O12/c1-58-20-17-49-37-28-5-8-31(62)40(37)68-43(49)52(11-14-55(49,65)34(58)23-28)46-61-47(53(71-46)12-15-56(66)35-24-29-6-9-32(63)41-38(29)50(56,44(53)69-41)18-21-59(35)2)73-54(48(61)72-52)13-16-57(67)36-25-30-7-10-33(64)42-39(30)51(57,45(54)70-42)19-22-60(36)26-27-3-4-27/h5-10,27,34-36,43-48,62-67H,3-4,11-26H2,1-2H3/t34-,35-,36-,43-,44-,45-,46+,47+,48+,49+,50+,51+,52+,53+,54+,55-,56-,57-/m1/s1. The second-order valence-corrected chi connectivity index (χ2v) is 26.6. The molecule has 16 nitrogen and oxygen atoms in total. The van der Waals surface area contributed by atoms with Gasteiger partial charge in [0, 0.05) is 41.4 Å². The molecule has 0 radical (unpaired) electrons. The molecule has 0 aromatic heterocycles. The van der Waals surface area contributed by atoms with Crippen molar-refractivity contribution in [3.05, 3.63) is 69.8 Å². The molecule has 16 aliphatic rings. The first kappa shape index (κ1) is 42.2. The maximum absolute atomic E-state index is 13.9. The Balaban J connectivity index is 0.837. The van der Waals surface area contributed by atoms with Gasteiger partial charge in [0.15, 0.2) is 34.5 Å². The number of hydrogen-bond acceptors (Lipinski definition) is 16. The second kappa shape index (κ2) is 12.3. The van der Waals surface area contributed by atoms with E-state index < -0.39 is 86.8 Å². The Morgan fingerprint density at radius 2 is 0.849 bits per heavy atom. The van der Waals surface area contributed by atoms with Gasteiger partial charge in [-0.05, 0) is 164 Å². The molecule has 73 heavy (non-hydrogen) atoms. The Morgan fingerprint density at radius 1 is 0.479 bits per heavy atom. The summed E-state index contributed by atoms with van der Waals surface area (Å²) in [6.07, 6.45) is 3.67. The summed E-state index contributed by atoms with van der Waals surface area (Å²) in [5, 5.41) is 76.9. The molecule has 4 saturated carbocycles. The van der Waals surface area contributed by atoms with E-state index in [0.717, 1.165) is 46.5 Å². The molecule has 6 N–H and O–H groups in total. The molecule has 18 atom stereocenters. The van der Waals surface area contributed by atoms with Crippen molar-refractivity contribution in [3.63, 3.8) is 0 Å². The number of aromatic hydroxyl groups is 3. The van der Waals surface area contributed by atoms with Crippen molar-refractivity contribution >= 4 is 0 Å². The SMILES string of the molecule is CN1CC[C@]23c4c5ccc(O)c4O[C@H]2[C@]2(CC[C@@]3(O)[C@H]1C5)O[C@@H]1N3[C@H]2O[C@]2(CC[C@@]4(O)[C@H]5Cc6ccc(O)c7c6[C@@]4(CCN5CC4CC4)[C@H]2O7)[C@@H]3O[C@]12CC[C@@]1(O)[C@H]3Cc4ccc(O)c5c4[C@@]1(CCN3C)[C@H]2O5. The molecule has 9 heterocycles. The molecule has 9 aliphatic heterocycles. The van der Waals surface area contributed by atoms with E-state index in [1.807, 2.05) is 18.2 Å². The Labute approximate surface area is 422 Å². The van der Waals surface area contributed by atoms with E-state index in [1.165, 1.54) is 12.8 Å². The fourth-order valence-electron chi connectivity index (χ4n) is 21.6. The smallest absolute Gasteiger partial charge is 0.165 e. The largest absolute Gasteiger partial charge is 0.504 e. The first-order valence-corrected chi connectivity index (χ1v) is 27.8. The number of benzene rings is 3. The first-order valence-electron chi connectivity index (χ1n) is 27.8. The highest BCUT2D eigenvalue weighted by atomic mass is 16.7. The quantitative estimate of drug-likeness (QED) is 0.220. The van der Waals surface area contributed by atoms with Gasteiger partial charge in [0.05, 0.1) is 33.0 Å². The fourth-order valence-corrected chi connectivity index (χ4v) is 21.6. The molecule has 0 unspecified atom stereocenters. The number of hydrogen-bond donors (Lipinski definition) is 6. The van der Waals surface area contributed by atoms with Gasteiger partial charge in [-0.25, -0.2) is 4.90 Å². The van der Waals surface area contributed by atoms with Crippen molar-refractivity contribution in [2.45, 2.75) is 195 Å². The lowest BCUT2D eigenvalue weighted by molar-refractivity contribution is -0.286. The predicted molar refractivity (Wildman–Crippen MR) is 256 cm³/mol. The fraction of sp³-hybridized carbons (Fsp3) is 0.684. The molecule has 10 fully saturated rings. The zero-order chi connectivity index (χ0) is 48.7. The highest BCUT2D eigenvalue weighted by Gasteiger charge is 2.91. The Kier molecular flexibility index (Phi) is 7.08. The normalized spacial score (nSPS) is 52.0. The molecule has 16 heteroatoms. The molecule has 3 aromatic carbocycles. The van der Waals surface area contributed by atoms with Gasteiger partial charge in [-0.2, -0.15) is 0 Å². The van der Waals surface area contributed by atoms with Crippen molar-refractivity contribution in [2.24, 2.45) is 5.92 Å². The van der Waals surface area contributed by atoms with E-state index in [2.05, 4.69) is 33.7 Å². The molecular weight excluding hydrogens is 933 g/mol. The van der Waals surface area contributed by atoms with Crippen molar-refractivity contribution in [2.75, 3.05) is 40.3 Å². The van der Waals surface area contributed by atoms with Crippen molar-refractivity contribution < 1.29 is 59.1 Å². The maximum atomic E-state index is 13.9. The van der Waals surface area contributed by atoms with Crippen LogP contribution in [0.5, 0.6) is 34.5 Å². The number of fused-ring (bicyclic) bond motifs is 6. The minimum absolute atomic E-state index is 0.0446. The summed E-state index contributed by atoms with van der Waals surface area (Å²) in [7, 11) is 4.22. The van der Waals surface area contributed by atoms with Gasteiger partial charge in [-0.15, -0.1) is 0 Å². The Morgan fingerprint density at radius 3 is 1.25 bits per heavy atom. The second-order valence-electron chi connectivity index (χ2n) is 26.6. The van der Waals surface area contributed by atoms with Gasteiger partial charge in [0.1, 0.15) is 53.8 Å². The summed E-state index contributed by atoms with van der Waals surface area (Å²) >= 11 is 0. The van der Waals surface area contributed by atoms with Gasteiger partial charge in [0.2, 0.25) is 0 Å². The van der Waals surface area contributed by atoms with Crippen molar-refractivity contribution in [1.29, 1.82) is 0 Å². The third-order valence-corrected chi connectivity index (χ3v) is 24.6. The van der Waals surface area contributed by atoms with Crippen LogP contribution in [0, 0.1) is 5.92 Å². The molecular formula is C57H64N4O12. The number of nitrogens with zero attached hydrogens (tertiary/aromatic N) is 4. The molecule has 6 spiro atoms. The lowest BCUT2D eigenvalue weighted by Crippen LogP contribution is -2.81. The summed E-state index contributed by atoms with van der Waals surface area (Å²) in [5.74, 6) is 2.05. The molecule has 384 valence electrons. The Bertz CT molecular complexity index is 3010. The zero-order valence-corrected chi connectivity index (χ0v) is 41.4. The third-order valence-electron chi connectivity index (χ3n) is 24.6. The van der Waals surface area contributed by atoms with Gasteiger partial charge in [0.25, 0.3) is 0 Å². The molecule has 0 amide bonds. The first-order chi connectivity index (χ1) is 35.1. The highest BCUT2D eigenvalue weighted by Crippen LogP contribution is 2.77. The van der Waals surface area contributed by atoms with E-state index in [-0.39, 0.29) is 35.4 Å². The van der Waals surface area contributed by atoms with Crippen LogP contribution in [-0.2, 0) is 49.7 Å². The van der Waals surface area contributed by atoms with Crippen LogP contribution in [0.4, 0.5) is 0 Å². The van der Waals surface area contributed by atoms with Gasteiger partial charge >= 0.3 is 0 Å². The lowest BCUT2D eigenvalue weighted by Gasteiger charge is -2.66. The summed E-state index contributed by atoms with van der Waals surface area (Å²) < 4.78 is 46.7. The summed E-state index contributed by atoms with van der Waals surface area (Å²) in [6, 6.07) is 10.8.